The first-order valence-corrected chi connectivity index (χ1v) is 11.9. The molecule has 0 saturated carbocycles. The van der Waals surface area contributed by atoms with Crippen molar-refractivity contribution in [3.05, 3.63) is 76.8 Å². The van der Waals surface area contributed by atoms with E-state index in [0.717, 1.165) is 40.0 Å². The molecule has 0 bridgehead atoms. The fraction of sp³-hybridized carbons (Fsp3) is 0.250. The maximum absolute atomic E-state index is 12.9. The van der Waals surface area contributed by atoms with Crippen LogP contribution in [0.3, 0.4) is 0 Å². The lowest BCUT2D eigenvalue weighted by Gasteiger charge is -2.32. The molecule has 174 valence electrons. The molecule has 1 fully saturated rings. The van der Waals surface area contributed by atoms with Gasteiger partial charge in [0.1, 0.15) is 11.6 Å². The number of halogens is 1. The molecule has 0 radical (unpaired) electrons. The monoisotopic (exact) mass is 521 g/mol. The van der Waals surface area contributed by atoms with E-state index in [1.165, 1.54) is 0 Å². The van der Waals surface area contributed by atoms with Crippen molar-refractivity contribution < 1.29 is 9.90 Å². The van der Waals surface area contributed by atoms with Crippen molar-refractivity contribution in [2.24, 2.45) is 0 Å². The van der Waals surface area contributed by atoms with Crippen molar-refractivity contribution in [1.29, 1.82) is 0 Å². The Morgan fingerprint density at radius 3 is 2.85 bits per heavy atom. The van der Waals surface area contributed by atoms with E-state index in [1.807, 2.05) is 29.3 Å². The number of benzene rings is 1. The van der Waals surface area contributed by atoms with Crippen LogP contribution in [-0.4, -0.2) is 48.7 Å². The number of carbonyl (C=O) groups excluding carboxylic acids is 1. The highest BCUT2D eigenvalue weighted by molar-refractivity contribution is 9.10. The number of likely N-dealkylation sites (tertiary alicyclic amines) is 1. The summed E-state index contributed by atoms with van der Waals surface area (Å²) in [5, 5.41) is 20.3. The van der Waals surface area contributed by atoms with E-state index in [-0.39, 0.29) is 17.7 Å². The largest absolute Gasteiger partial charge is 0.508 e. The Labute approximate surface area is 205 Å². The molecule has 3 aromatic heterocycles. The Morgan fingerprint density at radius 1 is 1.21 bits per heavy atom. The maximum Gasteiger partial charge on any atom is 0.321 e. The fourth-order valence-corrected chi connectivity index (χ4v) is 4.48. The van der Waals surface area contributed by atoms with Gasteiger partial charge in [-0.15, -0.1) is 0 Å². The minimum absolute atomic E-state index is 0.102. The number of nitrogens with zero attached hydrogens (tertiary/aromatic N) is 5. The summed E-state index contributed by atoms with van der Waals surface area (Å²) in [6, 6.07) is 12.3. The van der Waals surface area contributed by atoms with Crippen molar-refractivity contribution in [2.45, 2.75) is 25.3 Å². The van der Waals surface area contributed by atoms with E-state index >= 15 is 0 Å². The maximum atomic E-state index is 12.9. The predicted molar refractivity (Wildman–Crippen MR) is 133 cm³/mol. The number of urea groups is 1. The Hall–Kier alpha value is -3.66. The second-order valence-electron chi connectivity index (χ2n) is 8.27. The van der Waals surface area contributed by atoms with Gasteiger partial charge in [-0.2, -0.15) is 9.61 Å². The summed E-state index contributed by atoms with van der Waals surface area (Å²) in [5.41, 5.74) is 3.37. The number of nitrogens with one attached hydrogen (secondary N) is 2. The molecule has 0 aliphatic carbocycles. The Morgan fingerprint density at radius 2 is 2.06 bits per heavy atom. The van der Waals surface area contributed by atoms with Gasteiger partial charge in [-0.05, 0) is 64.7 Å². The van der Waals surface area contributed by atoms with Gasteiger partial charge in [-0.3, -0.25) is 4.98 Å². The number of aromatic nitrogens is 4. The van der Waals surface area contributed by atoms with E-state index in [0.29, 0.717) is 25.3 Å². The SMILES string of the molecule is O=C(Nc1ccc(O)cc1)N1CCCC(c2cc(NCc3cccnc3)n3ncc(Br)c3n2)C1. The molecule has 1 aliphatic heterocycles. The summed E-state index contributed by atoms with van der Waals surface area (Å²) in [6.07, 6.45) is 7.15. The third-order valence-corrected chi connectivity index (χ3v) is 6.45. The molecule has 1 aromatic carbocycles. The summed E-state index contributed by atoms with van der Waals surface area (Å²) < 4.78 is 2.60. The van der Waals surface area contributed by atoms with Crippen LogP contribution < -0.4 is 10.6 Å². The molecular weight excluding hydrogens is 498 g/mol. The first-order chi connectivity index (χ1) is 16.6. The van der Waals surface area contributed by atoms with E-state index in [4.69, 9.17) is 4.98 Å². The van der Waals surface area contributed by atoms with Crippen LogP contribution in [0.2, 0.25) is 0 Å². The van der Waals surface area contributed by atoms with Crippen molar-refractivity contribution in [2.75, 3.05) is 23.7 Å². The number of hydrogen-bond donors (Lipinski definition) is 3. The number of carbonyl (C=O) groups is 1. The predicted octanol–water partition coefficient (Wildman–Crippen LogP) is 4.62. The zero-order valence-corrected chi connectivity index (χ0v) is 19.9. The lowest BCUT2D eigenvalue weighted by atomic mass is 9.94. The smallest absolute Gasteiger partial charge is 0.321 e. The first-order valence-electron chi connectivity index (χ1n) is 11.1. The van der Waals surface area contributed by atoms with E-state index in [9.17, 15) is 9.90 Å². The molecule has 9 nitrogen and oxygen atoms in total. The van der Waals surface area contributed by atoms with Crippen LogP contribution in [0.25, 0.3) is 5.65 Å². The fourth-order valence-electron chi connectivity index (χ4n) is 4.14. The van der Waals surface area contributed by atoms with Crippen LogP contribution >= 0.6 is 15.9 Å². The van der Waals surface area contributed by atoms with Gasteiger partial charge in [0.2, 0.25) is 0 Å². The minimum Gasteiger partial charge on any atom is -0.508 e. The third-order valence-electron chi connectivity index (χ3n) is 5.89. The van der Waals surface area contributed by atoms with Crippen molar-refractivity contribution in [3.63, 3.8) is 0 Å². The first kappa shape index (κ1) is 22.1. The second-order valence-corrected chi connectivity index (χ2v) is 9.13. The van der Waals surface area contributed by atoms with Crippen LogP contribution in [0.1, 0.15) is 30.0 Å². The number of amides is 2. The molecule has 5 rings (SSSR count). The molecule has 34 heavy (non-hydrogen) atoms. The Kier molecular flexibility index (Phi) is 6.31. The van der Waals surface area contributed by atoms with Crippen LogP contribution in [-0.2, 0) is 6.54 Å². The molecule has 0 spiro atoms. The van der Waals surface area contributed by atoms with Crippen LogP contribution in [0.5, 0.6) is 5.75 Å². The zero-order chi connectivity index (χ0) is 23.5. The highest BCUT2D eigenvalue weighted by atomic mass is 79.9. The summed E-state index contributed by atoms with van der Waals surface area (Å²) in [6.45, 7) is 1.86. The minimum atomic E-state index is -0.156. The summed E-state index contributed by atoms with van der Waals surface area (Å²) in [4.78, 5) is 23.7. The Balaban J connectivity index is 1.35. The average Bonchev–Trinajstić information content (AvgIpc) is 3.25. The molecule has 3 N–H and O–H groups in total. The van der Waals surface area contributed by atoms with Gasteiger partial charge in [0, 0.05) is 49.7 Å². The quantitative estimate of drug-likeness (QED) is 0.331. The molecule has 4 heterocycles. The number of fused-ring (bicyclic) bond motifs is 1. The summed E-state index contributed by atoms with van der Waals surface area (Å²) in [5.74, 6) is 1.10. The number of anilines is 2. The zero-order valence-electron chi connectivity index (χ0n) is 18.4. The van der Waals surface area contributed by atoms with E-state index in [1.54, 1.807) is 41.2 Å². The number of hydrogen-bond acceptors (Lipinski definition) is 6. The molecule has 1 atom stereocenters. The topological polar surface area (TPSA) is 108 Å². The number of pyridine rings is 1. The standard InChI is InChI=1S/C24H24BrN7O2/c25-20-14-28-32-22(27-13-16-3-1-9-26-12-16)11-21(30-23(20)32)17-4-2-10-31(15-17)24(34)29-18-5-7-19(33)8-6-18/h1,3,5-9,11-12,14,17,27,33H,2,4,10,13,15H2,(H,29,34). The third kappa shape index (κ3) is 4.81. The molecular formula is C24H24BrN7O2. The average molecular weight is 522 g/mol. The number of piperidine rings is 1. The normalized spacial score (nSPS) is 15.9. The molecule has 10 heteroatoms. The van der Waals surface area contributed by atoms with E-state index < -0.39 is 0 Å². The second kappa shape index (κ2) is 9.68. The summed E-state index contributed by atoms with van der Waals surface area (Å²) >= 11 is 3.56. The number of rotatable bonds is 5. The van der Waals surface area contributed by atoms with Crippen LogP contribution in [0, 0.1) is 0 Å². The number of aromatic hydroxyl groups is 1. The van der Waals surface area contributed by atoms with Crippen LogP contribution in [0.4, 0.5) is 16.3 Å². The van der Waals surface area contributed by atoms with Crippen molar-refractivity contribution in [1.82, 2.24) is 24.5 Å². The molecule has 1 unspecified atom stereocenters. The van der Waals surface area contributed by atoms with Gasteiger partial charge in [-0.25, -0.2) is 9.78 Å². The van der Waals surface area contributed by atoms with Crippen molar-refractivity contribution in [3.8, 4) is 5.75 Å². The lowest BCUT2D eigenvalue weighted by Crippen LogP contribution is -2.41. The van der Waals surface area contributed by atoms with Gasteiger partial charge < -0.3 is 20.6 Å². The highest BCUT2D eigenvalue weighted by Crippen LogP contribution is 2.30. The van der Waals surface area contributed by atoms with Gasteiger partial charge in [0.05, 0.1) is 16.4 Å². The van der Waals surface area contributed by atoms with Crippen molar-refractivity contribution >= 4 is 39.1 Å². The summed E-state index contributed by atoms with van der Waals surface area (Å²) in [7, 11) is 0. The molecule has 4 aromatic rings. The molecule has 1 saturated heterocycles. The van der Waals surface area contributed by atoms with Crippen LogP contribution in [0.15, 0.2) is 65.5 Å². The van der Waals surface area contributed by atoms with Gasteiger partial charge in [0.25, 0.3) is 0 Å². The van der Waals surface area contributed by atoms with Gasteiger partial charge >= 0.3 is 6.03 Å². The molecule has 2 amide bonds. The number of phenols is 1. The Bertz CT molecular complexity index is 1290. The van der Waals surface area contributed by atoms with E-state index in [2.05, 4.69) is 36.6 Å². The van der Waals surface area contributed by atoms with Gasteiger partial charge in [0.15, 0.2) is 5.65 Å². The lowest BCUT2D eigenvalue weighted by molar-refractivity contribution is 0.192. The number of phenolic OH excluding ortho intramolecular Hbond substituents is 1. The van der Waals surface area contributed by atoms with Gasteiger partial charge in [-0.1, -0.05) is 6.07 Å². The highest BCUT2D eigenvalue weighted by Gasteiger charge is 2.27. The molecule has 1 aliphatic rings.